The van der Waals surface area contributed by atoms with E-state index in [9.17, 15) is 0 Å². The van der Waals surface area contributed by atoms with Crippen LogP contribution in [0.3, 0.4) is 0 Å². The van der Waals surface area contributed by atoms with Gasteiger partial charge < -0.3 is 20.5 Å². The Morgan fingerprint density at radius 2 is 2.11 bits per heavy atom. The molecule has 1 heterocycles. The third-order valence-corrected chi connectivity index (χ3v) is 2.72. The largest absolute Gasteiger partial charge is 0.479 e. The minimum atomic E-state index is 0.214. The van der Waals surface area contributed by atoms with E-state index in [4.69, 9.17) is 15.2 Å². The van der Waals surface area contributed by atoms with Gasteiger partial charge in [-0.05, 0) is 25.0 Å². The quantitative estimate of drug-likeness (QED) is 0.779. The zero-order valence-corrected chi connectivity index (χ0v) is 11.6. The number of nitrogens with one attached hydrogen (secondary N) is 1. The molecule has 0 spiro atoms. The van der Waals surface area contributed by atoms with Gasteiger partial charge in [0.25, 0.3) is 0 Å². The number of nitrogens with zero attached hydrogens (tertiary/aromatic N) is 1. The van der Waals surface area contributed by atoms with Crippen LogP contribution in [-0.4, -0.2) is 31.3 Å². The maximum Gasteiger partial charge on any atom is 0.238 e. The molecule has 1 atom stereocenters. The van der Waals surface area contributed by atoms with Crippen LogP contribution in [0, 0.1) is 5.92 Å². The summed E-state index contributed by atoms with van der Waals surface area (Å²) in [5, 5.41) is 3.34. The number of aromatic nitrogens is 1. The lowest BCUT2D eigenvalue weighted by Crippen LogP contribution is -2.31. The predicted octanol–water partition coefficient (Wildman–Crippen LogP) is 2.15. The lowest BCUT2D eigenvalue weighted by molar-refractivity contribution is 0.126. The molecule has 0 fully saturated rings. The van der Waals surface area contributed by atoms with Crippen LogP contribution in [-0.2, 0) is 4.74 Å². The molecule has 0 bridgehead atoms. The first-order valence-electron chi connectivity index (χ1n) is 6.23. The van der Waals surface area contributed by atoms with Crippen LogP contribution in [0.5, 0.6) is 5.88 Å². The molecule has 1 unspecified atom stereocenters. The number of nitrogen functional groups attached to an aromatic ring is 1. The monoisotopic (exact) mass is 253 g/mol. The summed E-state index contributed by atoms with van der Waals surface area (Å²) >= 11 is 0. The Labute approximate surface area is 109 Å². The van der Waals surface area contributed by atoms with E-state index in [0.29, 0.717) is 30.7 Å². The Bertz CT molecular complexity index is 369. The first-order valence-corrected chi connectivity index (χ1v) is 6.23. The third-order valence-electron chi connectivity index (χ3n) is 2.72. The fourth-order valence-corrected chi connectivity index (χ4v) is 1.53. The summed E-state index contributed by atoms with van der Waals surface area (Å²) in [6.07, 6.45) is 0. The maximum absolute atomic E-state index is 5.73. The molecule has 0 amide bonds. The third kappa shape index (κ3) is 4.07. The Hall–Kier alpha value is -1.49. The molecule has 102 valence electrons. The molecule has 5 heteroatoms. The standard InChI is InChI=1S/C13H23N3O2/c1-5-18-8-11(9(2)3)15-12-7-6-10(14)13(16-12)17-4/h6-7,9,11H,5,8,14H2,1-4H3,(H,15,16). The van der Waals surface area contributed by atoms with E-state index in [1.807, 2.05) is 13.0 Å². The summed E-state index contributed by atoms with van der Waals surface area (Å²) < 4.78 is 10.6. The minimum absolute atomic E-state index is 0.214. The Kier molecular flexibility index (Phi) is 5.71. The average Bonchev–Trinajstić information content (AvgIpc) is 2.36. The highest BCUT2D eigenvalue weighted by molar-refractivity contribution is 5.53. The highest BCUT2D eigenvalue weighted by Gasteiger charge is 2.14. The van der Waals surface area contributed by atoms with E-state index in [1.54, 1.807) is 13.2 Å². The Morgan fingerprint density at radius 3 is 2.67 bits per heavy atom. The van der Waals surface area contributed by atoms with Crippen molar-refractivity contribution < 1.29 is 9.47 Å². The molecular weight excluding hydrogens is 230 g/mol. The molecule has 0 aliphatic carbocycles. The van der Waals surface area contributed by atoms with Crippen LogP contribution < -0.4 is 15.8 Å². The van der Waals surface area contributed by atoms with Crippen LogP contribution >= 0.6 is 0 Å². The number of hydrogen-bond donors (Lipinski definition) is 2. The normalized spacial score (nSPS) is 12.5. The van der Waals surface area contributed by atoms with E-state index in [2.05, 4.69) is 24.1 Å². The van der Waals surface area contributed by atoms with E-state index in [-0.39, 0.29) is 6.04 Å². The SMILES string of the molecule is CCOCC(Nc1ccc(N)c(OC)n1)C(C)C. The summed E-state index contributed by atoms with van der Waals surface area (Å²) in [5.41, 5.74) is 6.27. The van der Waals surface area contributed by atoms with Crippen LogP contribution in [0.15, 0.2) is 12.1 Å². The molecule has 18 heavy (non-hydrogen) atoms. The molecule has 0 radical (unpaired) electrons. The van der Waals surface area contributed by atoms with Crippen molar-refractivity contribution in [3.05, 3.63) is 12.1 Å². The van der Waals surface area contributed by atoms with Crippen LogP contribution in [0.4, 0.5) is 11.5 Å². The Morgan fingerprint density at radius 1 is 1.39 bits per heavy atom. The van der Waals surface area contributed by atoms with Gasteiger partial charge in [-0.1, -0.05) is 13.8 Å². The lowest BCUT2D eigenvalue weighted by atomic mass is 10.1. The van der Waals surface area contributed by atoms with Crippen LogP contribution in [0.2, 0.25) is 0 Å². The lowest BCUT2D eigenvalue weighted by Gasteiger charge is -2.23. The molecule has 3 N–H and O–H groups in total. The summed E-state index contributed by atoms with van der Waals surface area (Å²) in [4.78, 5) is 4.31. The van der Waals surface area contributed by atoms with Gasteiger partial charge in [0.1, 0.15) is 5.82 Å². The number of ether oxygens (including phenoxy) is 2. The first-order chi connectivity index (χ1) is 8.58. The van der Waals surface area contributed by atoms with Gasteiger partial charge in [-0.25, -0.2) is 0 Å². The second-order valence-electron chi connectivity index (χ2n) is 4.45. The van der Waals surface area contributed by atoms with Crippen molar-refractivity contribution in [3.8, 4) is 5.88 Å². The maximum atomic E-state index is 5.73. The molecule has 0 saturated heterocycles. The fraction of sp³-hybridized carbons (Fsp3) is 0.615. The second-order valence-corrected chi connectivity index (χ2v) is 4.45. The predicted molar refractivity (Wildman–Crippen MR) is 73.9 cm³/mol. The molecule has 0 saturated carbocycles. The van der Waals surface area contributed by atoms with Crippen LogP contribution in [0.25, 0.3) is 0 Å². The van der Waals surface area contributed by atoms with Gasteiger partial charge in [0.05, 0.1) is 25.4 Å². The van der Waals surface area contributed by atoms with Crippen molar-refractivity contribution >= 4 is 11.5 Å². The molecule has 0 aliphatic heterocycles. The molecule has 5 nitrogen and oxygen atoms in total. The number of rotatable bonds is 7. The first kappa shape index (κ1) is 14.6. The van der Waals surface area contributed by atoms with E-state index in [1.165, 1.54) is 0 Å². The summed E-state index contributed by atoms with van der Waals surface area (Å²) in [6.45, 7) is 7.64. The van der Waals surface area contributed by atoms with Gasteiger partial charge in [-0.15, -0.1) is 0 Å². The van der Waals surface area contributed by atoms with Gasteiger partial charge in [-0.3, -0.25) is 0 Å². The molecule has 0 aliphatic rings. The highest BCUT2D eigenvalue weighted by Crippen LogP contribution is 2.21. The molecule has 1 rings (SSSR count). The van der Waals surface area contributed by atoms with Gasteiger partial charge in [-0.2, -0.15) is 4.98 Å². The second kappa shape index (κ2) is 7.06. The van der Waals surface area contributed by atoms with Crippen molar-refractivity contribution in [2.75, 3.05) is 31.4 Å². The fourth-order valence-electron chi connectivity index (χ4n) is 1.53. The molecular formula is C13H23N3O2. The van der Waals surface area contributed by atoms with Gasteiger partial charge >= 0.3 is 0 Å². The smallest absolute Gasteiger partial charge is 0.238 e. The van der Waals surface area contributed by atoms with Gasteiger partial charge in [0.15, 0.2) is 0 Å². The summed E-state index contributed by atoms with van der Waals surface area (Å²) in [7, 11) is 1.56. The van der Waals surface area contributed by atoms with Crippen molar-refractivity contribution in [3.63, 3.8) is 0 Å². The van der Waals surface area contributed by atoms with Gasteiger partial charge in [0, 0.05) is 6.61 Å². The molecule has 1 aromatic rings. The number of methoxy groups -OCH3 is 1. The van der Waals surface area contributed by atoms with E-state index < -0.39 is 0 Å². The van der Waals surface area contributed by atoms with Crippen molar-refractivity contribution in [1.82, 2.24) is 4.98 Å². The average molecular weight is 253 g/mol. The van der Waals surface area contributed by atoms with Crippen molar-refractivity contribution in [2.45, 2.75) is 26.8 Å². The Balaban J connectivity index is 2.74. The van der Waals surface area contributed by atoms with Gasteiger partial charge in [0.2, 0.25) is 5.88 Å². The van der Waals surface area contributed by atoms with Crippen LogP contribution in [0.1, 0.15) is 20.8 Å². The van der Waals surface area contributed by atoms with Crippen molar-refractivity contribution in [1.29, 1.82) is 0 Å². The molecule has 0 aromatic carbocycles. The number of pyridine rings is 1. The minimum Gasteiger partial charge on any atom is -0.479 e. The van der Waals surface area contributed by atoms with E-state index >= 15 is 0 Å². The number of nitrogens with two attached hydrogens (primary N) is 1. The van der Waals surface area contributed by atoms with E-state index in [0.717, 1.165) is 5.82 Å². The number of hydrogen-bond acceptors (Lipinski definition) is 5. The zero-order chi connectivity index (χ0) is 13.5. The number of anilines is 2. The summed E-state index contributed by atoms with van der Waals surface area (Å²) in [5.74, 6) is 1.64. The summed E-state index contributed by atoms with van der Waals surface area (Å²) in [6, 6.07) is 3.84. The highest BCUT2D eigenvalue weighted by atomic mass is 16.5. The van der Waals surface area contributed by atoms with Crippen molar-refractivity contribution in [2.24, 2.45) is 5.92 Å². The zero-order valence-electron chi connectivity index (χ0n) is 11.6. The topological polar surface area (TPSA) is 69.4 Å². The molecule has 1 aromatic heterocycles.